The van der Waals surface area contributed by atoms with E-state index >= 15 is 0 Å². The van der Waals surface area contributed by atoms with Crippen molar-refractivity contribution in [3.8, 4) is 0 Å². The zero-order valence-electron chi connectivity index (χ0n) is 11.5. The summed E-state index contributed by atoms with van der Waals surface area (Å²) in [5, 5.41) is 9.57. The molecule has 8 heteroatoms. The van der Waals surface area contributed by atoms with Crippen LogP contribution in [0.2, 0.25) is 0 Å². The van der Waals surface area contributed by atoms with E-state index in [-0.39, 0.29) is 34.5 Å². The van der Waals surface area contributed by atoms with E-state index in [4.69, 9.17) is 18.0 Å². The molecule has 0 spiro atoms. The number of hydrogen-bond donors (Lipinski definition) is 2. The van der Waals surface area contributed by atoms with E-state index in [2.05, 4.69) is 0 Å². The maximum absolute atomic E-state index is 13.8. The number of rotatable bonds is 4. The molecule has 1 aliphatic rings. The van der Waals surface area contributed by atoms with Gasteiger partial charge in [0.25, 0.3) is 0 Å². The van der Waals surface area contributed by atoms with Crippen molar-refractivity contribution in [2.24, 2.45) is 11.7 Å². The van der Waals surface area contributed by atoms with Crippen molar-refractivity contribution in [2.75, 3.05) is 13.1 Å². The van der Waals surface area contributed by atoms with E-state index < -0.39 is 21.9 Å². The largest absolute Gasteiger partial charge is 0.393 e. The number of sulfonamides is 1. The van der Waals surface area contributed by atoms with Crippen molar-refractivity contribution in [1.82, 2.24) is 4.31 Å². The van der Waals surface area contributed by atoms with E-state index in [0.717, 1.165) is 6.07 Å². The van der Waals surface area contributed by atoms with Crippen LogP contribution in [0.4, 0.5) is 4.39 Å². The number of halogens is 1. The van der Waals surface area contributed by atoms with Crippen molar-refractivity contribution < 1.29 is 17.9 Å². The van der Waals surface area contributed by atoms with Gasteiger partial charge in [-0.25, -0.2) is 12.8 Å². The first-order chi connectivity index (χ1) is 9.75. The van der Waals surface area contributed by atoms with E-state index in [1.807, 2.05) is 0 Å². The molecular formula is C13H17FN2O3S2. The van der Waals surface area contributed by atoms with Gasteiger partial charge in [-0.15, -0.1) is 0 Å². The van der Waals surface area contributed by atoms with Gasteiger partial charge in [0.05, 0.1) is 16.6 Å². The zero-order chi connectivity index (χ0) is 15.8. The molecule has 1 heterocycles. The maximum Gasteiger partial charge on any atom is 0.243 e. The molecule has 2 unspecified atom stereocenters. The number of hydrogen-bond acceptors (Lipinski definition) is 4. The van der Waals surface area contributed by atoms with Gasteiger partial charge in [0, 0.05) is 13.1 Å². The summed E-state index contributed by atoms with van der Waals surface area (Å²) in [6.45, 7) is 2.11. The third-order valence-corrected chi connectivity index (χ3v) is 5.82. The minimum atomic E-state index is -3.89. The van der Waals surface area contributed by atoms with Crippen LogP contribution >= 0.6 is 12.2 Å². The second-order valence-electron chi connectivity index (χ2n) is 5.13. The first-order valence-corrected chi connectivity index (χ1v) is 8.36. The summed E-state index contributed by atoms with van der Waals surface area (Å²) in [4.78, 5) is -0.515. The Morgan fingerprint density at radius 1 is 1.57 bits per heavy atom. The number of nitrogens with zero attached hydrogens (tertiary/aromatic N) is 1. The molecule has 2 rings (SSSR count). The lowest BCUT2D eigenvalue weighted by atomic mass is 10.0. The van der Waals surface area contributed by atoms with Crippen LogP contribution in [-0.2, 0) is 10.0 Å². The number of nitrogens with two attached hydrogens (primary N) is 1. The fourth-order valence-corrected chi connectivity index (χ4v) is 4.46. The Morgan fingerprint density at radius 2 is 2.24 bits per heavy atom. The Hall–Kier alpha value is -1.09. The summed E-state index contributed by atoms with van der Waals surface area (Å²) < 4.78 is 40.4. The third kappa shape index (κ3) is 3.08. The Labute approximate surface area is 128 Å². The summed E-state index contributed by atoms with van der Waals surface area (Å²) in [5.74, 6) is -0.878. The summed E-state index contributed by atoms with van der Waals surface area (Å²) >= 11 is 4.76. The van der Waals surface area contributed by atoms with Gasteiger partial charge in [-0.05, 0) is 31.4 Å². The lowest BCUT2D eigenvalue weighted by Crippen LogP contribution is -2.32. The van der Waals surface area contributed by atoms with E-state index in [1.54, 1.807) is 6.92 Å². The Kier molecular flexibility index (Phi) is 4.62. The topological polar surface area (TPSA) is 83.6 Å². The van der Waals surface area contributed by atoms with Crippen LogP contribution < -0.4 is 5.73 Å². The number of aliphatic hydroxyl groups excluding tert-OH is 1. The van der Waals surface area contributed by atoms with Gasteiger partial charge in [-0.3, -0.25) is 0 Å². The fraction of sp³-hybridized carbons (Fsp3) is 0.462. The van der Waals surface area contributed by atoms with Crippen molar-refractivity contribution >= 4 is 27.2 Å². The second kappa shape index (κ2) is 5.96. The van der Waals surface area contributed by atoms with Gasteiger partial charge >= 0.3 is 0 Å². The van der Waals surface area contributed by atoms with Gasteiger partial charge in [0.1, 0.15) is 10.8 Å². The van der Waals surface area contributed by atoms with Crippen molar-refractivity contribution in [2.45, 2.75) is 24.3 Å². The molecule has 5 nitrogen and oxygen atoms in total. The second-order valence-corrected chi connectivity index (χ2v) is 7.48. The van der Waals surface area contributed by atoms with Crippen molar-refractivity contribution in [1.29, 1.82) is 0 Å². The Balaban J connectivity index is 2.42. The van der Waals surface area contributed by atoms with Crippen LogP contribution in [0.25, 0.3) is 0 Å². The molecule has 1 aliphatic heterocycles. The molecule has 1 saturated heterocycles. The monoisotopic (exact) mass is 332 g/mol. The Bertz CT molecular complexity index is 661. The first kappa shape index (κ1) is 16.3. The summed E-state index contributed by atoms with van der Waals surface area (Å²) in [7, 11) is -3.89. The third-order valence-electron chi connectivity index (χ3n) is 3.71. The van der Waals surface area contributed by atoms with Gasteiger partial charge in [-0.1, -0.05) is 18.3 Å². The molecule has 0 radical (unpaired) electrons. The van der Waals surface area contributed by atoms with Crippen LogP contribution in [0.1, 0.15) is 18.9 Å². The predicted molar refractivity (Wildman–Crippen MR) is 80.8 cm³/mol. The van der Waals surface area contributed by atoms with Gasteiger partial charge in [0.15, 0.2) is 0 Å². The van der Waals surface area contributed by atoms with E-state index in [0.29, 0.717) is 6.42 Å². The highest BCUT2D eigenvalue weighted by Gasteiger charge is 2.36. The summed E-state index contributed by atoms with van der Waals surface area (Å²) in [5.41, 5.74) is 5.20. The van der Waals surface area contributed by atoms with Gasteiger partial charge in [-0.2, -0.15) is 4.31 Å². The molecule has 0 bridgehead atoms. The molecule has 2 atom stereocenters. The number of thiocarbonyl (C=S) groups is 1. The normalized spacial score (nSPS) is 21.4. The lowest BCUT2D eigenvalue weighted by Gasteiger charge is -2.19. The first-order valence-electron chi connectivity index (χ1n) is 6.51. The van der Waals surface area contributed by atoms with Crippen molar-refractivity contribution in [3.63, 3.8) is 0 Å². The molecule has 0 saturated carbocycles. The highest BCUT2D eigenvalue weighted by atomic mass is 32.2. The molecule has 1 aromatic rings. The van der Waals surface area contributed by atoms with Crippen LogP contribution in [-0.4, -0.2) is 42.0 Å². The maximum atomic E-state index is 13.8. The van der Waals surface area contributed by atoms with Crippen LogP contribution in [0, 0.1) is 11.7 Å². The molecule has 0 aliphatic carbocycles. The van der Waals surface area contributed by atoms with Gasteiger partial charge < -0.3 is 10.8 Å². The predicted octanol–water partition coefficient (Wildman–Crippen LogP) is 0.851. The van der Waals surface area contributed by atoms with E-state index in [1.165, 1.54) is 16.4 Å². The molecule has 116 valence electrons. The Morgan fingerprint density at radius 3 is 2.76 bits per heavy atom. The number of benzene rings is 1. The van der Waals surface area contributed by atoms with Gasteiger partial charge in [0.2, 0.25) is 10.0 Å². The lowest BCUT2D eigenvalue weighted by molar-refractivity contribution is 0.133. The summed E-state index contributed by atoms with van der Waals surface area (Å²) in [6.07, 6.45) is -0.0259. The molecule has 0 aromatic heterocycles. The average Bonchev–Trinajstić information content (AvgIpc) is 2.88. The summed E-state index contributed by atoms with van der Waals surface area (Å²) in [6, 6.07) is 3.73. The highest BCUT2D eigenvalue weighted by Crippen LogP contribution is 2.28. The SMILES string of the molecule is CC(O)C1CCN(S(=O)(=O)c2cccc(F)c2C(N)=S)C1. The van der Waals surface area contributed by atoms with Crippen molar-refractivity contribution in [3.05, 3.63) is 29.6 Å². The number of aliphatic hydroxyl groups is 1. The smallest absolute Gasteiger partial charge is 0.243 e. The minimum Gasteiger partial charge on any atom is -0.393 e. The minimum absolute atomic E-state index is 0.124. The fourth-order valence-electron chi connectivity index (χ4n) is 2.46. The van der Waals surface area contributed by atoms with Crippen LogP contribution in [0.5, 0.6) is 0 Å². The van der Waals surface area contributed by atoms with Crippen LogP contribution in [0.3, 0.4) is 0 Å². The molecule has 1 aromatic carbocycles. The molecule has 1 fully saturated rings. The average molecular weight is 332 g/mol. The molecule has 3 N–H and O–H groups in total. The standard InChI is InChI=1S/C13H17FN2O3S2/c1-8(17)9-5-6-16(7-9)21(18,19)11-4-2-3-10(14)12(11)13(15)20/h2-4,8-9,17H,5-7H2,1H3,(H2,15,20). The molecular weight excluding hydrogens is 315 g/mol. The quantitative estimate of drug-likeness (QED) is 0.799. The molecule has 0 amide bonds. The zero-order valence-corrected chi connectivity index (χ0v) is 13.1. The van der Waals surface area contributed by atoms with E-state index in [9.17, 15) is 17.9 Å². The van der Waals surface area contributed by atoms with Crippen LogP contribution in [0.15, 0.2) is 23.1 Å². The molecule has 21 heavy (non-hydrogen) atoms. The highest BCUT2D eigenvalue weighted by molar-refractivity contribution is 7.89.